The summed E-state index contributed by atoms with van der Waals surface area (Å²) < 4.78 is 59.9. The molecule has 1 aliphatic rings. The van der Waals surface area contributed by atoms with Gasteiger partial charge in [0.15, 0.2) is 21.2 Å². The number of aryl methyl sites for hydroxylation is 1. The van der Waals surface area contributed by atoms with Crippen LogP contribution in [0.5, 0.6) is 17.5 Å². The van der Waals surface area contributed by atoms with Crippen LogP contribution >= 0.6 is 11.6 Å². The number of amides is 1. The van der Waals surface area contributed by atoms with Crippen molar-refractivity contribution in [3.8, 4) is 17.5 Å². The third-order valence-corrected chi connectivity index (χ3v) is 7.02. The molecule has 0 saturated carbocycles. The van der Waals surface area contributed by atoms with E-state index in [2.05, 4.69) is 20.4 Å². The quantitative estimate of drug-likeness (QED) is 0.523. The number of carbonyl (C=O) groups is 1. The second kappa shape index (κ2) is 8.37. The fourth-order valence-electron chi connectivity index (χ4n) is 3.44. The summed E-state index contributed by atoms with van der Waals surface area (Å²) in [6, 6.07) is 2.82. The fourth-order valence-corrected chi connectivity index (χ4v) is 5.59. The van der Waals surface area contributed by atoms with Crippen LogP contribution in [-0.2, 0) is 9.84 Å². The van der Waals surface area contributed by atoms with Gasteiger partial charge in [-0.25, -0.2) is 31.7 Å². The van der Waals surface area contributed by atoms with E-state index in [0.717, 1.165) is 0 Å². The average Bonchev–Trinajstić information content (AvgIpc) is 3.11. The van der Waals surface area contributed by atoms with Crippen LogP contribution in [0.3, 0.4) is 0 Å². The number of halogens is 3. The molecule has 4 rings (SSSR count). The third-order valence-electron chi connectivity index (χ3n) is 4.66. The first-order valence-corrected chi connectivity index (χ1v) is 11.8. The van der Waals surface area contributed by atoms with Crippen LogP contribution in [0.15, 0.2) is 24.5 Å². The summed E-state index contributed by atoms with van der Waals surface area (Å²) in [5.74, 6) is -0.989. The molecule has 10 nitrogen and oxygen atoms in total. The van der Waals surface area contributed by atoms with Crippen LogP contribution in [-0.4, -0.2) is 64.0 Å². The molecule has 1 amide bonds. The van der Waals surface area contributed by atoms with E-state index in [1.807, 2.05) is 0 Å². The molecule has 14 heteroatoms. The number of pyridine rings is 1. The van der Waals surface area contributed by atoms with Gasteiger partial charge in [-0.3, -0.25) is 4.79 Å². The van der Waals surface area contributed by atoms with E-state index in [-0.39, 0.29) is 39.7 Å². The smallest absolute Gasteiger partial charge is 0.272 e. The number of rotatable bonds is 7. The number of nitrogens with one attached hydrogen (secondary N) is 1. The molecular formula is C19H18ClF2N5O5S. The highest BCUT2D eigenvalue weighted by atomic mass is 35.5. The molecule has 0 spiro atoms. The van der Waals surface area contributed by atoms with Crippen molar-refractivity contribution in [2.45, 2.75) is 25.8 Å². The van der Waals surface area contributed by atoms with Crippen LogP contribution in [0.2, 0.25) is 5.02 Å². The highest BCUT2D eigenvalue weighted by molar-refractivity contribution is 7.93. The molecule has 0 aliphatic carbocycles. The Kier molecular flexibility index (Phi) is 5.86. The summed E-state index contributed by atoms with van der Waals surface area (Å²) in [5, 5.41) is 7.08. The lowest BCUT2D eigenvalue weighted by atomic mass is 10.1. The number of hydrogen-bond donors (Lipinski definition) is 1. The van der Waals surface area contributed by atoms with Crippen LogP contribution in [0.25, 0.3) is 5.65 Å². The number of sulfone groups is 1. The van der Waals surface area contributed by atoms with Gasteiger partial charge in [-0.05, 0) is 19.4 Å². The van der Waals surface area contributed by atoms with Crippen molar-refractivity contribution in [2.24, 2.45) is 0 Å². The Morgan fingerprint density at radius 1 is 1.36 bits per heavy atom. The second-order valence-electron chi connectivity index (χ2n) is 7.87. The summed E-state index contributed by atoms with van der Waals surface area (Å²) in [6.07, 6.45) is -0.0745. The summed E-state index contributed by atoms with van der Waals surface area (Å²) in [6.45, 7) is 2.48. The SMILES string of the molecule is Cc1cc(Oc2ncc(Cl)cc2OCC(F)F)nn2cc(C(=O)NC3(C)CS(=O)(=O)C3)nc12. The van der Waals surface area contributed by atoms with E-state index < -0.39 is 34.3 Å². The standard InChI is InChI=1S/C19H18ClF2N5O5S/c1-10-3-15(32-18-13(31-7-14(21)22)4-11(20)5-23-18)26-27-6-12(24-16(10)27)17(28)25-19(2)8-33(29,30)9-19/h3-6,14H,7-9H2,1-2H3,(H,25,28). The predicted octanol–water partition coefficient (Wildman–Crippen LogP) is 2.44. The van der Waals surface area contributed by atoms with Crippen molar-refractivity contribution in [3.05, 3.63) is 40.8 Å². The maximum atomic E-state index is 12.6. The lowest BCUT2D eigenvalue weighted by Crippen LogP contribution is -2.63. The Balaban J connectivity index is 1.57. The molecule has 1 aliphatic heterocycles. The van der Waals surface area contributed by atoms with Crippen molar-refractivity contribution in [1.29, 1.82) is 0 Å². The third kappa shape index (κ3) is 5.14. The minimum Gasteiger partial charge on any atom is -0.482 e. The Morgan fingerprint density at radius 2 is 2.09 bits per heavy atom. The van der Waals surface area contributed by atoms with Gasteiger partial charge in [0.25, 0.3) is 18.2 Å². The van der Waals surface area contributed by atoms with E-state index in [4.69, 9.17) is 21.1 Å². The monoisotopic (exact) mass is 501 g/mol. The first-order valence-electron chi connectivity index (χ1n) is 9.57. The molecule has 0 radical (unpaired) electrons. The molecule has 1 saturated heterocycles. The number of imidazole rings is 1. The summed E-state index contributed by atoms with van der Waals surface area (Å²) in [5.41, 5.74) is 0.161. The summed E-state index contributed by atoms with van der Waals surface area (Å²) >= 11 is 5.86. The number of alkyl halides is 2. The molecule has 0 unspecified atom stereocenters. The van der Waals surface area contributed by atoms with Crippen LogP contribution < -0.4 is 14.8 Å². The van der Waals surface area contributed by atoms with E-state index in [1.165, 1.54) is 29.0 Å². The van der Waals surface area contributed by atoms with Gasteiger partial charge in [0.05, 0.1) is 28.3 Å². The zero-order chi connectivity index (χ0) is 24.0. The topological polar surface area (TPSA) is 125 Å². The predicted molar refractivity (Wildman–Crippen MR) is 113 cm³/mol. The molecule has 0 aromatic carbocycles. The van der Waals surface area contributed by atoms with Gasteiger partial charge in [0.1, 0.15) is 12.3 Å². The first kappa shape index (κ1) is 23.1. The van der Waals surface area contributed by atoms with Crippen LogP contribution in [0.1, 0.15) is 23.0 Å². The van der Waals surface area contributed by atoms with Crippen LogP contribution in [0.4, 0.5) is 8.78 Å². The summed E-state index contributed by atoms with van der Waals surface area (Å²) in [4.78, 5) is 20.8. The Bertz CT molecular complexity index is 1340. The average molecular weight is 502 g/mol. The minimum atomic E-state index is -3.13. The number of ether oxygens (including phenoxy) is 2. The van der Waals surface area contributed by atoms with Crippen molar-refractivity contribution < 1.29 is 31.5 Å². The molecule has 3 aromatic heterocycles. The Hall–Kier alpha value is -3.06. The molecular weight excluding hydrogens is 484 g/mol. The maximum absolute atomic E-state index is 12.6. The highest BCUT2D eigenvalue weighted by Gasteiger charge is 2.46. The molecule has 0 bridgehead atoms. The first-order chi connectivity index (χ1) is 15.4. The number of aromatic nitrogens is 4. The number of nitrogens with zero attached hydrogens (tertiary/aromatic N) is 4. The number of fused-ring (bicyclic) bond motifs is 1. The minimum absolute atomic E-state index is 0.0399. The van der Waals surface area contributed by atoms with E-state index in [1.54, 1.807) is 13.8 Å². The zero-order valence-electron chi connectivity index (χ0n) is 17.4. The van der Waals surface area contributed by atoms with E-state index in [0.29, 0.717) is 11.2 Å². The van der Waals surface area contributed by atoms with Crippen molar-refractivity contribution in [1.82, 2.24) is 24.9 Å². The number of hydrogen-bond acceptors (Lipinski definition) is 8. The van der Waals surface area contributed by atoms with Crippen molar-refractivity contribution >= 4 is 33.0 Å². The molecule has 4 heterocycles. The van der Waals surface area contributed by atoms with Gasteiger partial charge in [0, 0.05) is 18.3 Å². The molecule has 1 N–H and O–H groups in total. The molecule has 33 heavy (non-hydrogen) atoms. The molecule has 1 fully saturated rings. The van der Waals surface area contributed by atoms with Gasteiger partial charge >= 0.3 is 0 Å². The van der Waals surface area contributed by atoms with Crippen LogP contribution in [0, 0.1) is 6.92 Å². The van der Waals surface area contributed by atoms with Crippen molar-refractivity contribution in [2.75, 3.05) is 18.1 Å². The van der Waals surface area contributed by atoms with Gasteiger partial charge in [-0.15, -0.1) is 5.10 Å². The maximum Gasteiger partial charge on any atom is 0.272 e. The van der Waals surface area contributed by atoms with Gasteiger partial charge in [0.2, 0.25) is 5.88 Å². The lowest BCUT2D eigenvalue weighted by Gasteiger charge is -2.38. The fraction of sp³-hybridized carbons (Fsp3) is 0.368. The Labute approximate surface area is 191 Å². The normalized spacial score (nSPS) is 16.4. The molecule has 0 atom stereocenters. The van der Waals surface area contributed by atoms with Gasteiger partial charge in [-0.1, -0.05) is 11.6 Å². The Morgan fingerprint density at radius 3 is 2.76 bits per heavy atom. The van der Waals surface area contributed by atoms with E-state index >= 15 is 0 Å². The van der Waals surface area contributed by atoms with Gasteiger partial charge in [-0.2, -0.15) is 0 Å². The second-order valence-corrected chi connectivity index (χ2v) is 10.4. The largest absolute Gasteiger partial charge is 0.482 e. The lowest BCUT2D eigenvalue weighted by molar-refractivity contribution is 0.0803. The molecule has 3 aromatic rings. The zero-order valence-corrected chi connectivity index (χ0v) is 19.0. The highest BCUT2D eigenvalue weighted by Crippen LogP contribution is 2.32. The summed E-state index contributed by atoms with van der Waals surface area (Å²) in [7, 11) is -3.13. The molecule has 176 valence electrons. The van der Waals surface area contributed by atoms with Crippen molar-refractivity contribution in [3.63, 3.8) is 0 Å². The van der Waals surface area contributed by atoms with Gasteiger partial charge < -0.3 is 14.8 Å². The number of carbonyl (C=O) groups excluding carboxylic acids is 1. The van der Waals surface area contributed by atoms with E-state index in [9.17, 15) is 22.0 Å².